The Morgan fingerprint density at radius 2 is 2.09 bits per heavy atom. The molecule has 0 saturated carbocycles. The summed E-state index contributed by atoms with van der Waals surface area (Å²) in [6.45, 7) is 0. The molecular formula is C15H12BrN5OS. The van der Waals surface area contributed by atoms with E-state index in [2.05, 4.69) is 36.2 Å². The van der Waals surface area contributed by atoms with E-state index >= 15 is 0 Å². The number of hydrogen-bond donors (Lipinski definition) is 1. The van der Waals surface area contributed by atoms with Crippen LogP contribution >= 0.6 is 28.1 Å². The minimum Gasteiger partial charge on any atom is -0.496 e. The summed E-state index contributed by atoms with van der Waals surface area (Å²) in [5.74, 6) is 1.39. The predicted molar refractivity (Wildman–Crippen MR) is 94.3 cm³/mol. The highest BCUT2D eigenvalue weighted by Crippen LogP contribution is 2.25. The number of benzene rings is 1. The third kappa shape index (κ3) is 3.38. The number of halogens is 1. The minimum absolute atomic E-state index is 0.417. The zero-order chi connectivity index (χ0) is 16.2. The summed E-state index contributed by atoms with van der Waals surface area (Å²) in [6.07, 6.45) is 5.10. The molecule has 0 radical (unpaired) electrons. The van der Waals surface area contributed by atoms with E-state index in [4.69, 9.17) is 17.0 Å². The number of nitrogens with zero attached hydrogens (tertiary/aromatic N) is 4. The number of pyridine rings is 1. The number of aromatic amines is 1. The van der Waals surface area contributed by atoms with Crippen molar-refractivity contribution in [1.82, 2.24) is 19.9 Å². The van der Waals surface area contributed by atoms with Crippen LogP contribution in [0, 0.1) is 4.77 Å². The number of aromatic nitrogens is 4. The summed E-state index contributed by atoms with van der Waals surface area (Å²) >= 11 is 8.69. The Morgan fingerprint density at radius 1 is 1.30 bits per heavy atom. The maximum absolute atomic E-state index is 5.24. The van der Waals surface area contributed by atoms with Crippen molar-refractivity contribution in [3.8, 4) is 17.1 Å². The molecule has 3 rings (SSSR count). The van der Waals surface area contributed by atoms with Crippen molar-refractivity contribution >= 4 is 34.4 Å². The molecule has 0 amide bonds. The van der Waals surface area contributed by atoms with E-state index in [0.29, 0.717) is 10.6 Å². The van der Waals surface area contributed by atoms with Gasteiger partial charge in [0, 0.05) is 18.0 Å². The highest BCUT2D eigenvalue weighted by molar-refractivity contribution is 9.10. The highest BCUT2D eigenvalue weighted by atomic mass is 79.9. The van der Waals surface area contributed by atoms with Gasteiger partial charge in [-0.1, -0.05) is 0 Å². The van der Waals surface area contributed by atoms with E-state index in [0.717, 1.165) is 21.3 Å². The molecule has 0 atom stereocenters. The van der Waals surface area contributed by atoms with Crippen LogP contribution in [0.2, 0.25) is 0 Å². The Kier molecular flexibility index (Phi) is 4.63. The summed E-state index contributed by atoms with van der Waals surface area (Å²) in [5, 5.41) is 11.4. The fourth-order valence-electron chi connectivity index (χ4n) is 1.97. The Balaban J connectivity index is 1.96. The van der Waals surface area contributed by atoms with Crippen molar-refractivity contribution in [3.63, 3.8) is 0 Å². The van der Waals surface area contributed by atoms with Gasteiger partial charge in [0.25, 0.3) is 0 Å². The quantitative estimate of drug-likeness (QED) is 0.546. The second-order valence-corrected chi connectivity index (χ2v) is 5.78. The van der Waals surface area contributed by atoms with Crippen molar-refractivity contribution < 1.29 is 4.74 Å². The molecule has 1 aromatic carbocycles. The molecule has 0 aliphatic carbocycles. The van der Waals surface area contributed by atoms with Gasteiger partial charge >= 0.3 is 0 Å². The molecule has 0 unspecified atom stereocenters. The first-order valence-corrected chi connectivity index (χ1v) is 7.85. The first-order chi connectivity index (χ1) is 11.2. The van der Waals surface area contributed by atoms with Crippen molar-refractivity contribution in [3.05, 3.63) is 57.5 Å². The van der Waals surface area contributed by atoms with Crippen LogP contribution in [-0.4, -0.2) is 33.2 Å². The van der Waals surface area contributed by atoms with E-state index in [-0.39, 0.29) is 0 Å². The molecule has 0 aliphatic rings. The van der Waals surface area contributed by atoms with E-state index in [1.807, 2.05) is 30.3 Å². The molecule has 0 saturated heterocycles. The van der Waals surface area contributed by atoms with Gasteiger partial charge < -0.3 is 4.74 Å². The molecule has 6 nitrogen and oxygen atoms in total. The molecule has 1 N–H and O–H groups in total. The summed E-state index contributed by atoms with van der Waals surface area (Å²) in [4.78, 5) is 4.00. The highest BCUT2D eigenvalue weighted by Gasteiger charge is 2.07. The lowest BCUT2D eigenvalue weighted by Crippen LogP contribution is -1.95. The Bertz CT molecular complexity index is 904. The third-order valence-electron chi connectivity index (χ3n) is 3.09. The van der Waals surface area contributed by atoms with Crippen LogP contribution < -0.4 is 4.74 Å². The molecule has 116 valence electrons. The van der Waals surface area contributed by atoms with Crippen LogP contribution in [0.1, 0.15) is 5.56 Å². The van der Waals surface area contributed by atoms with E-state index in [1.165, 1.54) is 0 Å². The SMILES string of the molecule is COc1ccc(C=Nn2c(-c3ccncc3)n[nH]c2=S)cc1Br. The number of H-pyrrole nitrogens is 1. The van der Waals surface area contributed by atoms with Crippen LogP contribution in [0.4, 0.5) is 0 Å². The maximum Gasteiger partial charge on any atom is 0.216 e. The fourth-order valence-corrected chi connectivity index (χ4v) is 2.71. The number of hydrogen-bond acceptors (Lipinski definition) is 5. The fraction of sp³-hybridized carbons (Fsp3) is 0.0667. The molecule has 0 bridgehead atoms. The van der Waals surface area contributed by atoms with E-state index in [1.54, 1.807) is 30.4 Å². The van der Waals surface area contributed by atoms with Crippen LogP contribution in [0.15, 0.2) is 52.3 Å². The monoisotopic (exact) mass is 389 g/mol. The minimum atomic E-state index is 0.417. The lowest BCUT2D eigenvalue weighted by Gasteiger charge is -2.03. The third-order valence-corrected chi connectivity index (χ3v) is 3.97. The van der Waals surface area contributed by atoms with Gasteiger partial charge in [0.1, 0.15) is 5.75 Å². The van der Waals surface area contributed by atoms with Crippen molar-refractivity contribution in [2.24, 2.45) is 5.10 Å². The maximum atomic E-state index is 5.24. The predicted octanol–water partition coefficient (Wildman–Crippen LogP) is 3.66. The molecule has 2 heterocycles. The van der Waals surface area contributed by atoms with Crippen LogP contribution in [0.25, 0.3) is 11.4 Å². The first-order valence-electron chi connectivity index (χ1n) is 6.65. The molecule has 23 heavy (non-hydrogen) atoms. The smallest absolute Gasteiger partial charge is 0.216 e. The number of nitrogens with one attached hydrogen (secondary N) is 1. The zero-order valence-corrected chi connectivity index (χ0v) is 14.5. The number of ether oxygens (including phenoxy) is 1. The molecule has 3 aromatic rings. The van der Waals surface area contributed by atoms with Gasteiger partial charge in [-0.3, -0.25) is 4.98 Å². The lowest BCUT2D eigenvalue weighted by atomic mass is 10.2. The Morgan fingerprint density at radius 3 is 2.78 bits per heavy atom. The van der Waals surface area contributed by atoms with Gasteiger partial charge in [0.05, 0.1) is 17.8 Å². The van der Waals surface area contributed by atoms with Crippen LogP contribution in [0.5, 0.6) is 5.75 Å². The largest absolute Gasteiger partial charge is 0.496 e. The molecule has 0 aliphatic heterocycles. The zero-order valence-electron chi connectivity index (χ0n) is 12.1. The van der Waals surface area contributed by atoms with Crippen molar-refractivity contribution in [1.29, 1.82) is 0 Å². The molecule has 8 heteroatoms. The summed E-state index contributed by atoms with van der Waals surface area (Å²) in [5.41, 5.74) is 1.78. The topological polar surface area (TPSA) is 68.1 Å². The average Bonchev–Trinajstić information content (AvgIpc) is 2.94. The van der Waals surface area contributed by atoms with Gasteiger partial charge in [-0.05, 0) is 64.0 Å². The van der Waals surface area contributed by atoms with Crippen molar-refractivity contribution in [2.45, 2.75) is 0 Å². The van der Waals surface area contributed by atoms with E-state index in [9.17, 15) is 0 Å². The average molecular weight is 390 g/mol. The molecule has 0 fully saturated rings. The molecule has 0 spiro atoms. The number of rotatable bonds is 4. The summed E-state index contributed by atoms with van der Waals surface area (Å²) in [7, 11) is 1.62. The molecular weight excluding hydrogens is 378 g/mol. The van der Waals surface area contributed by atoms with Gasteiger partial charge in [-0.25, -0.2) is 5.10 Å². The Labute approximate surface area is 146 Å². The van der Waals surface area contributed by atoms with Gasteiger partial charge in [-0.2, -0.15) is 14.9 Å². The van der Waals surface area contributed by atoms with Gasteiger partial charge in [0.15, 0.2) is 5.82 Å². The normalized spacial score (nSPS) is 11.0. The standard InChI is InChI=1S/C15H12BrN5OS/c1-22-13-3-2-10(8-12(13)16)9-18-21-14(19-20-15(21)23)11-4-6-17-7-5-11/h2-9H,1H3,(H,20,23). The second-order valence-electron chi connectivity index (χ2n) is 4.54. The second kappa shape index (κ2) is 6.84. The van der Waals surface area contributed by atoms with Gasteiger partial charge in [0.2, 0.25) is 4.77 Å². The van der Waals surface area contributed by atoms with Crippen LogP contribution in [0.3, 0.4) is 0 Å². The van der Waals surface area contributed by atoms with Crippen LogP contribution in [-0.2, 0) is 0 Å². The first kappa shape index (κ1) is 15.6. The Hall–Kier alpha value is -2.32. The lowest BCUT2D eigenvalue weighted by molar-refractivity contribution is 0.412. The summed E-state index contributed by atoms with van der Waals surface area (Å²) in [6, 6.07) is 9.38. The van der Waals surface area contributed by atoms with E-state index < -0.39 is 0 Å². The van der Waals surface area contributed by atoms with Crippen molar-refractivity contribution in [2.75, 3.05) is 7.11 Å². The number of methoxy groups -OCH3 is 1. The van der Waals surface area contributed by atoms with Gasteiger partial charge in [-0.15, -0.1) is 0 Å². The summed E-state index contributed by atoms with van der Waals surface area (Å²) < 4.78 is 8.06. The molecule has 2 aromatic heterocycles.